The van der Waals surface area contributed by atoms with Crippen LogP contribution in [0.2, 0.25) is 0 Å². The van der Waals surface area contributed by atoms with Gasteiger partial charge in [-0.15, -0.1) is 0 Å². The van der Waals surface area contributed by atoms with Crippen molar-refractivity contribution in [1.29, 1.82) is 0 Å². The molecule has 0 radical (unpaired) electrons. The van der Waals surface area contributed by atoms with Crippen molar-refractivity contribution in [1.82, 2.24) is 5.32 Å². The van der Waals surface area contributed by atoms with E-state index < -0.39 is 20.0 Å². The molecule has 3 atom stereocenters. The molecular weight excluding hydrogens is 984 g/mol. The molecule has 0 aromatic heterocycles. The minimum Gasteiger partial charge on any atom is -0.387 e. The van der Waals surface area contributed by atoms with Gasteiger partial charge in [-0.3, -0.25) is 13.8 Å². The summed E-state index contributed by atoms with van der Waals surface area (Å²) in [5, 5.41) is 13.9. The van der Waals surface area contributed by atoms with E-state index in [1.165, 1.54) is 250 Å². The van der Waals surface area contributed by atoms with Crippen molar-refractivity contribution in [2.24, 2.45) is 0 Å². The zero-order chi connectivity index (χ0) is 57.0. The molecule has 0 spiro atoms. The second-order valence-corrected chi connectivity index (χ2v) is 25.6. The van der Waals surface area contributed by atoms with E-state index in [0.29, 0.717) is 17.4 Å². The number of phosphoric acid groups is 1. The second kappa shape index (κ2) is 59.8. The maximum Gasteiger partial charge on any atom is 0.472 e. The van der Waals surface area contributed by atoms with Gasteiger partial charge >= 0.3 is 7.82 Å². The highest BCUT2D eigenvalue weighted by Gasteiger charge is 2.28. The molecule has 0 aromatic carbocycles. The zero-order valence-electron chi connectivity index (χ0n) is 52.4. The normalized spacial score (nSPS) is 14.1. The summed E-state index contributed by atoms with van der Waals surface area (Å²) in [6.07, 6.45) is 82.3. The molecule has 0 aliphatic heterocycles. The molecule has 0 fully saturated rings. The Hall–Kier alpha value is -1.80. The van der Waals surface area contributed by atoms with E-state index in [4.69, 9.17) is 9.05 Å². The third-order valence-electron chi connectivity index (χ3n) is 15.2. The van der Waals surface area contributed by atoms with Crippen molar-refractivity contribution in [2.75, 3.05) is 40.9 Å². The Bertz CT molecular complexity index is 1450. The van der Waals surface area contributed by atoms with Crippen LogP contribution in [0.5, 0.6) is 0 Å². The summed E-state index contributed by atoms with van der Waals surface area (Å²) in [6, 6.07) is -0.872. The van der Waals surface area contributed by atoms with E-state index in [2.05, 4.69) is 67.8 Å². The molecule has 0 bridgehead atoms. The van der Waals surface area contributed by atoms with E-state index in [-0.39, 0.29) is 19.1 Å². The summed E-state index contributed by atoms with van der Waals surface area (Å²) in [6.45, 7) is 4.82. The number of likely N-dealkylation sites (N-methyl/N-ethyl adjacent to an activating group) is 1. The van der Waals surface area contributed by atoms with Crippen molar-refractivity contribution >= 4 is 13.7 Å². The van der Waals surface area contributed by atoms with Crippen molar-refractivity contribution in [2.45, 2.75) is 334 Å². The summed E-state index contributed by atoms with van der Waals surface area (Å²) in [4.78, 5) is 23.4. The Labute approximate surface area is 485 Å². The number of nitrogens with zero attached hydrogens (tertiary/aromatic N) is 1. The van der Waals surface area contributed by atoms with Gasteiger partial charge in [0.2, 0.25) is 5.91 Å². The van der Waals surface area contributed by atoms with Crippen molar-refractivity contribution < 1.29 is 32.9 Å². The highest BCUT2D eigenvalue weighted by atomic mass is 31.2. The van der Waals surface area contributed by atoms with Crippen LogP contribution < -0.4 is 5.32 Å². The predicted octanol–water partition coefficient (Wildman–Crippen LogP) is 21.2. The first kappa shape index (κ1) is 76.2. The topological polar surface area (TPSA) is 105 Å². The summed E-state index contributed by atoms with van der Waals surface area (Å²) in [7, 11) is 1.55. The molecule has 0 aliphatic rings. The number of quaternary nitrogens is 1. The van der Waals surface area contributed by atoms with Gasteiger partial charge in [0, 0.05) is 6.42 Å². The van der Waals surface area contributed by atoms with Crippen LogP contribution in [0.4, 0.5) is 0 Å². The van der Waals surface area contributed by atoms with Gasteiger partial charge in [-0.2, -0.15) is 0 Å². The van der Waals surface area contributed by atoms with Crippen LogP contribution in [0.15, 0.2) is 60.8 Å². The van der Waals surface area contributed by atoms with Gasteiger partial charge in [0.25, 0.3) is 0 Å². The van der Waals surface area contributed by atoms with Crippen LogP contribution >= 0.6 is 7.82 Å². The number of hydrogen-bond donors (Lipinski definition) is 3. The summed E-state index contributed by atoms with van der Waals surface area (Å²) in [5.74, 6) is -0.188. The third-order valence-corrected chi connectivity index (χ3v) is 16.2. The van der Waals surface area contributed by atoms with E-state index in [1.54, 1.807) is 6.08 Å². The molecule has 458 valence electrons. The lowest BCUT2D eigenvalue weighted by Gasteiger charge is -2.25. The van der Waals surface area contributed by atoms with Gasteiger partial charge in [0.1, 0.15) is 13.2 Å². The van der Waals surface area contributed by atoms with E-state index in [1.807, 2.05) is 27.2 Å². The number of allylic oxidation sites excluding steroid dienone is 9. The maximum atomic E-state index is 13.0. The number of nitrogens with one attached hydrogen (secondary N) is 1. The lowest BCUT2D eigenvalue weighted by Crippen LogP contribution is -2.45. The molecule has 0 saturated carbocycles. The Kier molecular flexibility index (Phi) is 58.4. The molecule has 0 heterocycles. The zero-order valence-corrected chi connectivity index (χ0v) is 53.3. The van der Waals surface area contributed by atoms with Gasteiger partial charge in [-0.25, -0.2) is 4.57 Å². The van der Waals surface area contributed by atoms with Crippen LogP contribution in [0.1, 0.15) is 322 Å². The van der Waals surface area contributed by atoms with E-state index >= 15 is 0 Å². The van der Waals surface area contributed by atoms with Crippen LogP contribution in [-0.2, 0) is 18.4 Å². The van der Waals surface area contributed by atoms with Crippen molar-refractivity contribution in [3.8, 4) is 0 Å². The number of hydrogen-bond acceptors (Lipinski definition) is 5. The minimum atomic E-state index is -4.36. The van der Waals surface area contributed by atoms with E-state index in [0.717, 1.165) is 51.4 Å². The number of aliphatic hydroxyl groups excluding tert-OH is 1. The fraction of sp³-hybridized carbons (Fsp3) is 0.841. The second-order valence-electron chi connectivity index (χ2n) is 24.2. The third kappa shape index (κ3) is 61.8. The molecule has 0 saturated heterocycles. The molecular formula is C69H132N2O6P+. The molecule has 9 heteroatoms. The van der Waals surface area contributed by atoms with Crippen LogP contribution in [0, 0.1) is 0 Å². The predicted molar refractivity (Wildman–Crippen MR) is 341 cm³/mol. The SMILES string of the molecule is CCCCCCCCCCC/C=C/CC/C=C/CC/C=C/C(O)C(COP(=O)(O)OCC[N+](C)(C)C)NC(=O)CCCCCCCCCCCCCCCCCCC/C=C\C/C=C\CCCCCCCCCCCCCCC. The average molecular weight is 1120 g/mol. The monoisotopic (exact) mass is 1120 g/mol. The Balaban J connectivity index is 4.03. The molecule has 3 unspecified atom stereocenters. The Morgan fingerprint density at radius 3 is 1.10 bits per heavy atom. The first-order valence-electron chi connectivity index (χ1n) is 33.7. The van der Waals surface area contributed by atoms with Gasteiger partial charge < -0.3 is 19.8 Å². The van der Waals surface area contributed by atoms with Crippen molar-refractivity contribution in [3.05, 3.63) is 60.8 Å². The number of unbranched alkanes of at least 4 members (excludes halogenated alkanes) is 41. The van der Waals surface area contributed by atoms with Crippen molar-refractivity contribution in [3.63, 3.8) is 0 Å². The van der Waals surface area contributed by atoms with Gasteiger partial charge in [0.15, 0.2) is 0 Å². The molecule has 8 nitrogen and oxygen atoms in total. The van der Waals surface area contributed by atoms with Crippen LogP contribution in [0.25, 0.3) is 0 Å². The molecule has 3 N–H and O–H groups in total. The first-order chi connectivity index (χ1) is 38.0. The number of phosphoric ester groups is 1. The Morgan fingerprint density at radius 2 is 0.744 bits per heavy atom. The minimum absolute atomic E-state index is 0.0530. The highest BCUT2D eigenvalue weighted by molar-refractivity contribution is 7.47. The smallest absolute Gasteiger partial charge is 0.387 e. The number of carbonyl (C=O) groups is 1. The van der Waals surface area contributed by atoms with E-state index in [9.17, 15) is 19.4 Å². The quantitative estimate of drug-likeness (QED) is 0.0243. The highest BCUT2D eigenvalue weighted by Crippen LogP contribution is 2.43. The fourth-order valence-corrected chi connectivity index (χ4v) is 10.7. The number of amides is 1. The fourth-order valence-electron chi connectivity index (χ4n) is 9.93. The lowest BCUT2D eigenvalue weighted by molar-refractivity contribution is -0.870. The number of aliphatic hydroxyl groups is 1. The Morgan fingerprint density at radius 1 is 0.436 bits per heavy atom. The van der Waals surface area contributed by atoms with Gasteiger partial charge in [-0.1, -0.05) is 299 Å². The molecule has 1 amide bonds. The lowest BCUT2D eigenvalue weighted by atomic mass is 10.0. The first-order valence-corrected chi connectivity index (χ1v) is 35.2. The van der Waals surface area contributed by atoms with Gasteiger partial charge in [-0.05, 0) is 77.0 Å². The summed E-state index contributed by atoms with van der Waals surface area (Å²) >= 11 is 0. The largest absolute Gasteiger partial charge is 0.472 e. The molecule has 0 rings (SSSR count). The number of rotatable bonds is 62. The number of carbonyl (C=O) groups excluding carboxylic acids is 1. The standard InChI is InChI=1S/C69H131N2O6P/c1-6-8-10-12-14-16-18-20-22-24-26-27-28-29-30-31-32-33-34-35-36-37-38-39-40-41-42-43-45-47-49-51-53-55-57-59-61-63-69(73)70-67(66-77-78(74,75)76-65-64-71(3,4)5)68(72)62-60-58-56-54-52-50-48-46-44-25-23-21-19-17-15-13-11-9-7-2/h30-31,33-34,44,46,52,54,60,62,67-68,72H,6-29,32,35-43,45,47-51,53,55-59,61,63-66H2,1-5H3,(H-,70,73,74,75)/p+1/b31-30-,34-33-,46-44+,54-52+,62-60+. The summed E-state index contributed by atoms with van der Waals surface area (Å²) in [5.41, 5.74) is 0. The molecule has 0 aromatic rings. The maximum absolute atomic E-state index is 13.0. The average Bonchev–Trinajstić information content (AvgIpc) is 3.41. The molecule has 78 heavy (non-hydrogen) atoms. The van der Waals surface area contributed by atoms with Crippen LogP contribution in [-0.4, -0.2) is 73.4 Å². The van der Waals surface area contributed by atoms with Crippen LogP contribution in [0.3, 0.4) is 0 Å². The molecule has 0 aliphatic carbocycles. The van der Waals surface area contributed by atoms with Gasteiger partial charge in [0.05, 0.1) is 39.9 Å². The summed E-state index contributed by atoms with van der Waals surface area (Å²) < 4.78 is 23.7.